The highest BCUT2D eigenvalue weighted by Crippen LogP contribution is 2.24. The number of primary amides is 1. The molecular formula is C20H26ClN3O2. The lowest BCUT2D eigenvalue weighted by Gasteiger charge is -2.37. The number of amides is 1. The Kier molecular flexibility index (Phi) is 7.75. The lowest BCUT2D eigenvalue weighted by Crippen LogP contribution is -2.46. The molecule has 0 bridgehead atoms. The van der Waals surface area contributed by atoms with Crippen molar-refractivity contribution < 1.29 is 9.53 Å². The van der Waals surface area contributed by atoms with Crippen LogP contribution in [-0.2, 0) is 4.74 Å². The molecule has 0 saturated carbocycles. The zero-order valence-electron chi connectivity index (χ0n) is 14.9. The van der Waals surface area contributed by atoms with Crippen LogP contribution in [-0.4, -0.2) is 48.6 Å². The van der Waals surface area contributed by atoms with Gasteiger partial charge in [-0.15, -0.1) is 0 Å². The molecule has 1 aliphatic rings. The van der Waals surface area contributed by atoms with Crippen LogP contribution in [0.5, 0.6) is 0 Å². The highest BCUT2D eigenvalue weighted by molar-refractivity contribution is 6.30. The largest absolute Gasteiger partial charge is 0.441 e. The first-order valence-electron chi connectivity index (χ1n) is 8.67. The summed E-state index contributed by atoms with van der Waals surface area (Å²) in [5.74, 6) is 0. The maximum absolute atomic E-state index is 11.3. The molecule has 1 unspecified atom stereocenters. The van der Waals surface area contributed by atoms with Crippen LogP contribution in [0.15, 0.2) is 61.3 Å². The number of hydrogen-bond donors (Lipinski definition) is 1. The molecule has 1 amide bonds. The van der Waals surface area contributed by atoms with E-state index < -0.39 is 12.2 Å². The Morgan fingerprint density at radius 3 is 2.62 bits per heavy atom. The number of nitrogens with two attached hydrogens (primary N) is 1. The number of piperazine rings is 1. The molecule has 0 spiro atoms. The van der Waals surface area contributed by atoms with Crippen molar-refractivity contribution in [3.8, 4) is 0 Å². The second-order valence-electron chi connectivity index (χ2n) is 6.13. The van der Waals surface area contributed by atoms with Crippen LogP contribution in [0.4, 0.5) is 4.79 Å². The molecule has 26 heavy (non-hydrogen) atoms. The van der Waals surface area contributed by atoms with Gasteiger partial charge < -0.3 is 15.4 Å². The molecule has 140 valence electrons. The Labute approximate surface area is 160 Å². The lowest BCUT2D eigenvalue weighted by atomic mass is 10.1. The van der Waals surface area contributed by atoms with Gasteiger partial charge in [0.15, 0.2) is 0 Å². The third-order valence-corrected chi connectivity index (χ3v) is 4.66. The summed E-state index contributed by atoms with van der Waals surface area (Å²) in [5.41, 5.74) is 7.18. The SMILES string of the molecule is C=C/C=C(\C=C)N1CCN(CCC(OC(N)=O)c2cccc(Cl)c2)CC1. The zero-order valence-corrected chi connectivity index (χ0v) is 15.7. The highest BCUT2D eigenvalue weighted by Gasteiger charge is 2.21. The molecule has 1 fully saturated rings. The van der Waals surface area contributed by atoms with E-state index in [2.05, 4.69) is 23.0 Å². The summed E-state index contributed by atoms with van der Waals surface area (Å²) in [7, 11) is 0. The number of allylic oxidation sites excluding steroid dienone is 3. The lowest BCUT2D eigenvalue weighted by molar-refractivity contribution is 0.0840. The van der Waals surface area contributed by atoms with Crippen LogP contribution in [0.1, 0.15) is 18.1 Å². The number of nitrogens with zero attached hydrogens (tertiary/aromatic N) is 2. The number of carbonyl (C=O) groups is 1. The Hall–Kier alpha value is -2.24. The maximum Gasteiger partial charge on any atom is 0.405 e. The number of carbonyl (C=O) groups excluding carboxylic acids is 1. The minimum absolute atomic E-state index is 0.395. The second-order valence-corrected chi connectivity index (χ2v) is 6.57. The molecule has 0 aromatic heterocycles. The smallest absolute Gasteiger partial charge is 0.405 e. The molecule has 0 radical (unpaired) electrons. The van der Waals surface area contributed by atoms with Gasteiger partial charge in [0, 0.05) is 49.9 Å². The summed E-state index contributed by atoms with van der Waals surface area (Å²) < 4.78 is 5.30. The van der Waals surface area contributed by atoms with E-state index in [1.165, 1.54) is 0 Å². The van der Waals surface area contributed by atoms with Gasteiger partial charge in [-0.05, 0) is 29.8 Å². The van der Waals surface area contributed by atoms with Crippen molar-refractivity contribution in [1.29, 1.82) is 0 Å². The fourth-order valence-electron chi connectivity index (χ4n) is 3.09. The van der Waals surface area contributed by atoms with Gasteiger partial charge in [-0.3, -0.25) is 4.90 Å². The fourth-order valence-corrected chi connectivity index (χ4v) is 3.29. The van der Waals surface area contributed by atoms with Crippen LogP contribution < -0.4 is 5.73 Å². The van der Waals surface area contributed by atoms with E-state index in [-0.39, 0.29) is 0 Å². The number of halogens is 1. The topological polar surface area (TPSA) is 58.8 Å². The Morgan fingerprint density at radius 1 is 1.31 bits per heavy atom. The predicted octanol–water partition coefficient (Wildman–Crippen LogP) is 3.74. The van der Waals surface area contributed by atoms with E-state index >= 15 is 0 Å². The molecule has 1 aromatic rings. The van der Waals surface area contributed by atoms with Crippen LogP contribution in [0.3, 0.4) is 0 Å². The minimum atomic E-state index is -0.773. The molecule has 2 rings (SSSR count). The van der Waals surface area contributed by atoms with E-state index in [4.69, 9.17) is 22.1 Å². The average Bonchev–Trinajstić information content (AvgIpc) is 2.63. The molecule has 1 heterocycles. The second kappa shape index (κ2) is 10.0. The molecule has 0 aliphatic carbocycles. The summed E-state index contributed by atoms with van der Waals surface area (Å²) in [6.45, 7) is 12.1. The molecule has 2 N–H and O–H groups in total. The van der Waals surface area contributed by atoms with Crippen molar-refractivity contribution in [2.24, 2.45) is 5.73 Å². The number of benzene rings is 1. The van der Waals surface area contributed by atoms with Gasteiger partial charge in [-0.2, -0.15) is 0 Å². The summed E-state index contributed by atoms with van der Waals surface area (Å²) in [6.07, 6.45) is 5.10. The van der Waals surface area contributed by atoms with Crippen molar-refractivity contribution in [3.63, 3.8) is 0 Å². The first-order valence-corrected chi connectivity index (χ1v) is 9.05. The molecule has 1 saturated heterocycles. The van der Waals surface area contributed by atoms with Gasteiger partial charge in [0.05, 0.1) is 0 Å². The van der Waals surface area contributed by atoms with Crippen LogP contribution in [0, 0.1) is 0 Å². The zero-order chi connectivity index (χ0) is 18.9. The normalized spacial score (nSPS) is 16.8. The minimum Gasteiger partial charge on any atom is -0.441 e. The summed E-state index contributed by atoms with van der Waals surface area (Å²) in [5, 5.41) is 0.611. The molecule has 1 atom stereocenters. The summed E-state index contributed by atoms with van der Waals surface area (Å²) in [4.78, 5) is 15.9. The average molecular weight is 376 g/mol. The van der Waals surface area contributed by atoms with E-state index in [9.17, 15) is 4.79 Å². The third-order valence-electron chi connectivity index (χ3n) is 4.42. The van der Waals surface area contributed by atoms with Crippen molar-refractivity contribution in [1.82, 2.24) is 9.80 Å². The first-order chi connectivity index (χ1) is 12.5. The molecule has 1 aliphatic heterocycles. The van der Waals surface area contributed by atoms with Crippen molar-refractivity contribution >= 4 is 17.7 Å². The van der Waals surface area contributed by atoms with Crippen molar-refractivity contribution in [2.75, 3.05) is 32.7 Å². The Bertz CT molecular complexity index is 667. The van der Waals surface area contributed by atoms with E-state index in [0.717, 1.165) is 44.0 Å². The third kappa shape index (κ3) is 5.93. The monoisotopic (exact) mass is 375 g/mol. The molecule has 6 heteroatoms. The standard InChI is InChI=1S/C20H26ClN3O2/c1-3-6-18(4-2)24-13-11-23(12-14-24)10-9-19(26-20(22)25)16-7-5-8-17(21)15-16/h3-8,15,19H,1-2,9-14H2,(H2,22,25)/b18-6+. The maximum atomic E-state index is 11.3. The van der Waals surface area contributed by atoms with Crippen LogP contribution in [0.25, 0.3) is 0 Å². The van der Waals surface area contributed by atoms with Crippen molar-refractivity contribution in [3.05, 3.63) is 71.9 Å². The van der Waals surface area contributed by atoms with E-state index in [1.54, 1.807) is 12.1 Å². The van der Waals surface area contributed by atoms with E-state index in [0.29, 0.717) is 11.4 Å². The Morgan fingerprint density at radius 2 is 2.04 bits per heavy atom. The highest BCUT2D eigenvalue weighted by atomic mass is 35.5. The van der Waals surface area contributed by atoms with Crippen LogP contribution >= 0.6 is 11.6 Å². The van der Waals surface area contributed by atoms with Gasteiger partial charge >= 0.3 is 6.09 Å². The predicted molar refractivity (Wildman–Crippen MR) is 106 cm³/mol. The number of ether oxygens (including phenoxy) is 1. The van der Waals surface area contributed by atoms with Gasteiger partial charge in [0.25, 0.3) is 0 Å². The van der Waals surface area contributed by atoms with Gasteiger partial charge in [0.1, 0.15) is 6.10 Å². The van der Waals surface area contributed by atoms with Crippen molar-refractivity contribution in [2.45, 2.75) is 12.5 Å². The summed E-state index contributed by atoms with van der Waals surface area (Å²) >= 11 is 6.05. The molecule has 5 nitrogen and oxygen atoms in total. The summed E-state index contributed by atoms with van der Waals surface area (Å²) in [6, 6.07) is 7.34. The number of rotatable bonds is 8. The first kappa shape index (κ1) is 20.1. The van der Waals surface area contributed by atoms with Gasteiger partial charge in [-0.25, -0.2) is 4.79 Å². The quantitative estimate of drug-likeness (QED) is 0.703. The Balaban J connectivity index is 1.91. The fraction of sp³-hybridized carbons (Fsp3) is 0.350. The van der Waals surface area contributed by atoms with E-state index in [1.807, 2.05) is 30.4 Å². The number of hydrogen-bond acceptors (Lipinski definition) is 4. The van der Waals surface area contributed by atoms with Gasteiger partial charge in [0.2, 0.25) is 0 Å². The van der Waals surface area contributed by atoms with Crippen LogP contribution in [0.2, 0.25) is 5.02 Å². The molecule has 1 aromatic carbocycles. The van der Waals surface area contributed by atoms with Gasteiger partial charge in [-0.1, -0.05) is 43.0 Å². The molecular weight excluding hydrogens is 350 g/mol.